The van der Waals surface area contributed by atoms with E-state index in [-0.39, 0.29) is 12.4 Å². The van der Waals surface area contributed by atoms with Crippen molar-refractivity contribution in [3.8, 4) is 11.3 Å². The first-order valence-electron chi connectivity index (χ1n) is 7.91. The summed E-state index contributed by atoms with van der Waals surface area (Å²) in [6.45, 7) is 1.46. The Morgan fingerprint density at radius 3 is 2.74 bits per heavy atom. The van der Waals surface area contributed by atoms with E-state index in [0.29, 0.717) is 27.1 Å². The van der Waals surface area contributed by atoms with Gasteiger partial charge in [-0.3, -0.25) is 9.20 Å². The predicted octanol–water partition coefficient (Wildman–Crippen LogP) is 3.93. The van der Waals surface area contributed by atoms with Crippen LogP contribution in [0.1, 0.15) is 22.3 Å². The first kappa shape index (κ1) is 19.2. The van der Waals surface area contributed by atoms with Crippen molar-refractivity contribution in [1.82, 2.24) is 14.4 Å². The molecule has 3 rings (SSSR count). The van der Waals surface area contributed by atoms with E-state index in [1.54, 1.807) is 41.9 Å². The van der Waals surface area contributed by atoms with Crippen molar-refractivity contribution in [1.29, 1.82) is 0 Å². The molecule has 6 nitrogen and oxygen atoms in total. The maximum absolute atomic E-state index is 12.4. The molecule has 27 heavy (non-hydrogen) atoms. The van der Waals surface area contributed by atoms with Gasteiger partial charge in [0.15, 0.2) is 11.5 Å². The van der Waals surface area contributed by atoms with E-state index in [4.69, 9.17) is 5.73 Å². The quantitative estimate of drug-likeness (QED) is 0.627. The third kappa shape index (κ3) is 4.21. The molecule has 10 heteroatoms. The summed E-state index contributed by atoms with van der Waals surface area (Å²) in [5.41, 5.74) is 8.34. The monoisotopic (exact) mass is 441 g/mol. The zero-order valence-corrected chi connectivity index (χ0v) is 15.7. The van der Waals surface area contributed by atoms with Crippen LogP contribution in [0.3, 0.4) is 0 Å². The van der Waals surface area contributed by atoms with Gasteiger partial charge in [0, 0.05) is 23.9 Å². The number of carbonyl (C=O) groups excluding carboxylic acids is 1. The SMILES string of the molecule is Cc1cc(-c2cnc3c(NCCC(F)(F)F)nc(Br)cn23)ccc1C(N)=O. The summed E-state index contributed by atoms with van der Waals surface area (Å²) in [7, 11) is 0. The van der Waals surface area contributed by atoms with Gasteiger partial charge in [-0.15, -0.1) is 0 Å². The summed E-state index contributed by atoms with van der Waals surface area (Å²) < 4.78 is 39.3. The van der Waals surface area contributed by atoms with Gasteiger partial charge in [0.1, 0.15) is 4.60 Å². The van der Waals surface area contributed by atoms with Crippen LogP contribution < -0.4 is 11.1 Å². The number of rotatable bonds is 5. The fourth-order valence-electron chi connectivity index (χ4n) is 2.71. The first-order valence-corrected chi connectivity index (χ1v) is 8.70. The van der Waals surface area contributed by atoms with E-state index in [2.05, 4.69) is 31.2 Å². The van der Waals surface area contributed by atoms with Crippen LogP contribution in [0.5, 0.6) is 0 Å². The Morgan fingerprint density at radius 1 is 1.37 bits per heavy atom. The molecule has 0 radical (unpaired) electrons. The van der Waals surface area contributed by atoms with Crippen LogP contribution in [0.4, 0.5) is 19.0 Å². The molecule has 0 aliphatic rings. The number of aromatic nitrogens is 3. The topological polar surface area (TPSA) is 85.3 Å². The maximum atomic E-state index is 12.4. The second-order valence-corrected chi connectivity index (χ2v) is 6.75. The summed E-state index contributed by atoms with van der Waals surface area (Å²) in [5.74, 6) is -0.273. The second-order valence-electron chi connectivity index (χ2n) is 5.94. The highest BCUT2D eigenvalue weighted by Crippen LogP contribution is 2.27. The molecule has 0 aliphatic heterocycles. The summed E-state index contributed by atoms with van der Waals surface area (Å²) in [6, 6.07) is 5.17. The van der Waals surface area contributed by atoms with Crippen molar-refractivity contribution < 1.29 is 18.0 Å². The van der Waals surface area contributed by atoms with Gasteiger partial charge in [0.25, 0.3) is 0 Å². The summed E-state index contributed by atoms with van der Waals surface area (Å²) in [6.07, 6.45) is -1.97. The molecule has 0 bridgehead atoms. The van der Waals surface area contributed by atoms with Crippen LogP contribution in [0, 0.1) is 6.92 Å². The van der Waals surface area contributed by atoms with Crippen molar-refractivity contribution >= 4 is 33.3 Å². The molecule has 0 saturated carbocycles. The number of alkyl halides is 3. The molecule has 0 unspecified atom stereocenters. The lowest BCUT2D eigenvalue weighted by Gasteiger charge is -2.11. The second kappa shape index (κ2) is 7.18. The molecular formula is C17H15BrF3N5O. The highest BCUT2D eigenvalue weighted by atomic mass is 79.9. The van der Waals surface area contributed by atoms with Crippen molar-refractivity contribution in [3.63, 3.8) is 0 Å². The van der Waals surface area contributed by atoms with E-state index in [9.17, 15) is 18.0 Å². The molecule has 0 fully saturated rings. The smallest absolute Gasteiger partial charge is 0.367 e. The van der Waals surface area contributed by atoms with Gasteiger partial charge in [-0.05, 0) is 40.5 Å². The standard InChI is InChI=1S/C17H15BrF3N5O/c1-9-6-10(2-3-11(9)14(22)27)12-7-24-16-15(23-5-4-17(19,20)21)25-13(18)8-26(12)16/h2-3,6-8H,4-5H2,1H3,(H2,22,27)(H,23,25). The lowest BCUT2D eigenvalue weighted by Crippen LogP contribution is -2.15. The Labute approximate surface area is 160 Å². The lowest BCUT2D eigenvalue weighted by atomic mass is 10.0. The lowest BCUT2D eigenvalue weighted by molar-refractivity contribution is -0.131. The number of primary amides is 1. The molecule has 0 aliphatic carbocycles. The molecule has 2 aromatic heterocycles. The number of nitrogens with zero attached hydrogens (tertiary/aromatic N) is 3. The minimum atomic E-state index is -4.25. The van der Waals surface area contributed by atoms with Crippen LogP contribution in [-0.4, -0.2) is 33.0 Å². The number of aryl methyl sites for hydroxylation is 1. The van der Waals surface area contributed by atoms with E-state index in [1.807, 2.05) is 0 Å². The van der Waals surface area contributed by atoms with Crippen molar-refractivity contribution in [2.24, 2.45) is 5.73 Å². The van der Waals surface area contributed by atoms with Crippen LogP contribution in [0.25, 0.3) is 16.9 Å². The number of amides is 1. The van der Waals surface area contributed by atoms with Crippen LogP contribution >= 0.6 is 15.9 Å². The minimum Gasteiger partial charge on any atom is -0.367 e. The summed E-state index contributed by atoms with van der Waals surface area (Å²) >= 11 is 3.27. The van der Waals surface area contributed by atoms with Gasteiger partial charge in [0.2, 0.25) is 5.91 Å². The normalized spacial score (nSPS) is 11.7. The maximum Gasteiger partial charge on any atom is 0.390 e. The number of hydrogen-bond acceptors (Lipinski definition) is 4. The molecule has 0 saturated heterocycles. The Balaban J connectivity index is 1.99. The predicted molar refractivity (Wildman–Crippen MR) is 98.5 cm³/mol. The molecular weight excluding hydrogens is 427 g/mol. The molecule has 2 heterocycles. The van der Waals surface area contributed by atoms with Crippen molar-refractivity contribution in [2.45, 2.75) is 19.5 Å². The van der Waals surface area contributed by atoms with Crippen molar-refractivity contribution in [2.75, 3.05) is 11.9 Å². The fraction of sp³-hybridized carbons (Fsp3) is 0.235. The first-order chi connectivity index (χ1) is 12.7. The third-order valence-corrected chi connectivity index (χ3v) is 4.33. The Bertz CT molecular complexity index is 1020. The number of nitrogens with two attached hydrogens (primary N) is 1. The highest BCUT2D eigenvalue weighted by Gasteiger charge is 2.26. The number of carbonyl (C=O) groups is 1. The van der Waals surface area contributed by atoms with E-state index in [0.717, 1.165) is 5.56 Å². The highest BCUT2D eigenvalue weighted by molar-refractivity contribution is 9.10. The van der Waals surface area contributed by atoms with Gasteiger partial charge < -0.3 is 11.1 Å². The molecule has 3 aromatic rings. The molecule has 1 aromatic carbocycles. The van der Waals surface area contributed by atoms with Crippen molar-refractivity contribution in [3.05, 3.63) is 46.3 Å². The van der Waals surface area contributed by atoms with Gasteiger partial charge in [-0.25, -0.2) is 9.97 Å². The van der Waals surface area contributed by atoms with Gasteiger partial charge >= 0.3 is 6.18 Å². The Kier molecular flexibility index (Phi) is 5.09. The largest absolute Gasteiger partial charge is 0.390 e. The molecule has 0 atom stereocenters. The Morgan fingerprint density at radius 2 is 2.11 bits per heavy atom. The van der Waals surface area contributed by atoms with Crippen LogP contribution in [0.2, 0.25) is 0 Å². The van der Waals surface area contributed by atoms with Gasteiger partial charge in [-0.1, -0.05) is 6.07 Å². The van der Waals surface area contributed by atoms with Crippen LogP contribution in [-0.2, 0) is 0 Å². The average Bonchev–Trinajstić information content (AvgIpc) is 2.96. The number of halogens is 4. The number of imidazole rings is 1. The number of anilines is 1. The van der Waals surface area contributed by atoms with Gasteiger partial charge in [0.05, 0.1) is 18.3 Å². The molecule has 1 amide bonds. The van der Waals surface area contributed by atoms with E-state index in [1.165, 1.54) is 0 Å². The van der Waals surface area contributed by atoms with Crippen LogP contribution in [0.15, 0.2) is 35.2 Å². The number of hydrogen-bond donors (Lipinski definition) is 2. The number of nitrogens with one attached hydrogen (secondary N) is 1. The molecule has 142 valence electrons. The molecule has 0 spiro atoms. The van der Waals surface area contributed by atoms with E-state index >= 15 is 0 Å². The fourth-order valence-corrected chi connectivity index (χ4v) is 3.10. The van der Waals surface area contributed by atoms with Gasteiger partial charge in [-0.2, -0.15) is 13.2 Å². The number of benzene rings is 1. The average molecular weight is 442 g/mol. The summed E-state index contributed by atoms with van der Waals surface area (Å²) in [4.78, 5) is 19.9. The third-order valence-electron chi connectivity index (χ3n) is 3.95. The summed E-state index contributed by atoms with van der Waals surface area (Å²) in [5, 5.41) is 2.68. The molecule has 3 N–H and O–H groups in total. The zero-order valence-electron chi connectivity index (χ0n) is 14.1. The zero-order chi connectivity index (χ0) is 19.8. The van der Waals surface area contributed by atoms with E-state index < -0.39 is 18.5 Å². The Hall–Kier alpha value is -2.62. The minimum absolute atomic E-state index is 0.241. The number of fused-ring (bicyclic) bond motifs is 1.